The fraction of sp³-hybridized carbons (Fsp3) is 0.391. The van der Waals surface area contributed by atoms with Crippen molar-refractivity contribution < 1.29 is 42.8 Å². The summed E-state index contributed by atoms with van der Waals surface area (Å²) in [5.41, 5.74) is 6.26. The number of aromatic nitrogens is 6. The van der Waals surface area contributed by atoms with Crippen LogP contribution < -0.4 is 25.0 Å². The molecule has 7 aromatic rings. The quantitative estimate of drug-likeness (QED) is 0.0338. The third-order valence-corrected chi connectivity index (χ3v) is 16.9. The molecule has 11 rings (SSSR count). The lowest BCUT2D eigenvalue weighted by Crippen LogP contribution is -2.44. The van der Waals surface area contributed by atoms with Gasteiger partial charge >= 0.3 is 6.01 Å². The average molecular weight is 1160 g/mol. The second-order valence-corrected chi connectivity index (χ2v) is 22.8. The Bertz CT molecular complexity index is 3590. The van der Waals surface area contributed by atoms with Crippen LogP contribution in [0.1, 0.15) is 101 Å². The van der Waals surface area contributed by atoms with Crippen molar-refractivity contribution in [3.63, 3.8) is 0 Å². The zero-order valence-electron chi connectivity index (χ0n) is 48.1. The number of nitrogens with zero attached hydrogens (tertiary/aromatic N) is 8. The van der Waals surface area contributed by atoms with E-state index in [0.29, 0.717) is 98.5 Å². The number of carbonyl (C=O) groups excluding carboxylic acids is 2. The number of nitrogens with one attached hydrogen (secondary N) is 2. The fourth-order valence-corrected chi connectivity index (χ4v) is 12.2. The van der Waals surface area contributed by atoms with Gasteiger partial charge in [-0.1, -0.05) is 99.3 Å². The number of aryl methyl sites for hydroxylation is 1. The minimum atomic E-state index is -0.467. The summed E-state index contributed by atoms with van der Waals surface area (Å²) in [5, 5.41) is 38.1. The molecule has 4 aromatic carbocycles. The van der Waals surface area contributed by atoms with Gasteiger partial charge in [0.15, 0.2) is 5.75 Å². The van der Waals surface area contributed by atoms with E-state index in [1.54, 1.807) is 66.3 Å². The largest absolute Gasteiger partial charge is 0.508 e. The summed E-state index contributed by atoms with van der Waals surface area (Å²) in [4.78, 5) is 43.7. The molecular formula is C64H73F2N10O7P. The monoisotopic (exact) mass is 1160 g/mol. The van der Waals surface area contributed by atoms with E-state index in [9.17, 15) is 24.2 Å². The van der Waals surface area contributed by atoms with Crippen molar-refractivity contribution >= 4 is 54.6 Å². The van der Waals surface area contributed by atoms with Crippen molar-refractivity contribution in [3.05, 3.63) is 143 Å². The van der Waals surface area contributed by atoms with E-state index in [1.165, 1.54) is 12.1 Å². The molecule has 0 saturated carbocycles. The number of carbonyl (C=O) groups is 2. The van der Waals surface area contributed by atoms with Crippen LogP contribution in [0.2, 0.25) is 0 Å². The van der Waals surface area contributed by atoms with E-state index in [-0.39, 0.29) is 66.6 Å². The number of amides is 2. The van der Waals surface area contributed by atoms with E-state index in [2.05, 4.69) is 48.6 Å². The number of aromatic hydroxyl groups is 1. The number of allylic oxidation sites excluding steroid dienone is 5. The maximum Gasteiger partial charge on any atom is 0.319 e. The Balaban J connectivity index is 0.000000318. The smallest absolute Gasteiger partial charge is 0.319 e. The van der Waals surface area contributed by atoms with Gasteiger partial charge in [-0.15, -0.1) is 14.3 Å². The summed E-state index contributed by atoms with van der Waals surface area (Å²) < 4.78 is 50.3. The molecule has 0 radical (unpaired) electrons. The van der Waals surface area contributed by atoms with Crippen molar-refractivity contribution in [2.45, 2.75) is 116 Å². The molecule has 440 valence electrons. The summed E-state index contributed by atoms with van der Waals surface area (Å²) in [6, 6.07) is 21.4. The Morgan fingerprint density at radius 2 is 1.83 bits per heavy atom. The lowest BCUT2D eigenvalue weighted by molar-refractivity contribution is -0.137. The van der Waals surface area contributed by atoms with E-state index in [1.807, 2.05) is 56.1 Å². The number of hydrogen-bond acceptors (Lipinski definition) is 14. The van der Waals surface area contributed by atoms with Crippen molar-refractivity contribution in [3.8, 4) is 40.0 Å². The number of rotatable bonds is 19. The third-order valence-electron chi connectivity index (χ3n) is 16.4. The Labute approximate surface area is 490 Å². The van der Waals surface area contributed by atoms with Crippen LogP contribution in [0.5, 0.6) is 17.5 Å². The van der Waals surface area contributed by atoms with Gasteiger partial charge in [-0.3, -0.25) is 14.6 Å². The van der Waals surface area contributed by atoms with Crippen LogP contribution in [0.4, 0.5) is 14.6 Å². The molecule has 0 aliphatic carbocycles. The van der Waals surface area contributed by atoms with Crippen molar-refractivity contribution in [2.24, 2.45) is 5.92 Å². The fourth-order valence-electron chi connectivity index (χ4n) is 11.9. The third kappa shape index (κ3) is 12.6. The van der Waals surface area contributed by atoms with Crippen LogP contribution in [-0.4, -0.2) is 121 Å². The number of phenols is 1. The second-order valence-electron chi connectivity index (χ2n) is 22.2. The molecule has 4 aliphatic rings. The number of pyridine rings is 1. The molecule has 2 amide bonds. The van der Waals surface area contributed by atoms with E-state index in [0.717, 1.165) is 74.2 Å². The number of anilines is 1. The van der Waals surface area contributed by atoms with E-state index >= 15 is 4.39 Å². The molecule has 17 nitrogen and oxygen atoms in total. The van der Waals surface area contributed by atoms with Crippen LogP contribution >= 0.6 is 9.24 Å². The van der Waals surface area contributed by atoms with Gasteiger partial charge in [0, 0.05) is 73.5 Å². The number of halogens is 2. The first-order valence-corrected chi connectivity index (χ1v) is 29.5. The molecule has 4 saturated heterocycles. The zero-order chi connectivity index (χ0) is 59.2. The highest BCUT2D eigenvalue weighted by molar-refractivity contribution is 7.23. The maximum atomic E-state index is 15.6. The lowest BCUT2D eigenvalue weighted by Gasteiger charge is -2.30. The first-order chi connectivity index (χ1) is 40.7. The number of ether oxygens (including phenoxy) is 3. The Kier molecular flexibility index (Phi) is 18.7. The van der Waals surface area contributed by atoms with Crippen LogP contribution in [0.15, 0.2) is 115 Å². The predicted octanol–water partition coefficient (Wildman–Crippen LogP) is 10.5. The molecule has 3 aromatic heterocycles. The molecule has 0 spiro atoms. The van der Waals surface area contributed by atoms with Gasteiger partial charge in [0.25, 0.3) is 0 Å². The summed E-state index contributed by atoms with van der Waals surface area (Å²) in [6.07, 6.45) is 11.9. The summed E-state index contributed by atoms with van der Waals surface area (Å²) in [5.74, 6) is 0.576. The van der Waals surface area contributed by atoms with E-state index in [4.69, 9.17) is 29.2 Å². The molecule has 84 heavy (non-hydrogen) atoms. The van der Waals surface area contributed by atoms with E-state index < -0.39 is 12.1 Å². The number of hydrogen-bond donors (Lipinski definition) is 4. The number of aliphatic hydroxyl groups is 1. The van der Waals surface area contributed by atoms with Crippen molar-refractivity contribution in [2.75, 3.05) is 44.4 Å². The highest BCUT2D eigenvalue weighted by Crippen LogP contribution is 2.45. The minimum Gasteiger partial charge on any atom is -0.508 e. The Morgan fingerprint density at radius 1 is 1.06 bits per heavy atom. The maximum absolute atomic E-state index is 15.6. The summed E-state index contributed by atoms with van der Waals surface area (Å²) in [7, 11) is 2.46. The first-order valence-electron chi connectivity index (χ1n) is 28.9. The molecule has 20 heteroatoms. The van der Waals surface area contributed by atoms with Crippen LogP contribution in [0, 0.1) is 11.7 Å². The first kappa shape index (κ1) is 59.5. The standard InChI is InChI=1S/C48H54FN9O5.C16H19FNO2P/c1-5-36-39(49)13-12-31-19-34(59)21-37(41(31)36)42-45(43-38(23-51-42)46(57-24-32-20-33(57)22-50-32)53-48(52-43)63-35-14-17-61-18-15-35)62-26-29-8-10-30(11-9-29)40-25-58(55-54-40)44(27(2)3)47(60)56-16-6-7-28(56)4;1-3-13(17)16(15(21)4-2)12-7-5-11(6-8-12)14(9-19)18-10-20/h8-13,19,21,23,25,27-28,32-33,35,44,50,59H,5-7,14-18,20,22,24,26H2,1-4H3;3-8,10,14,19H,2,9,21H2,1H3,(H,18,20)/b;13-3+,16-15+. The number of piperazine rings is 1. The van der Waals surface area contributed by atoms with Crippen LogP contribution in [0.25, 0.3) is 49.8 Å². The number of likely N-dealkylation sites (tertiary alicyclic amines) is 1. The van der Waals surface area contributed by atoms with Crippen molar-refractivity contribution in [1.82, 2.24) is 45.5 Å². The van der Waals surface area contributed by atoms with Crippen molar-refractivity contribution in [1.29, 1.82) is 0 Å². The highest BCUT2D eigenvalue weighted by Gasteiger charge is 2.40. The Morgan fingerprint density at radius 3 is 2.48 bits per heavy atom. The van der Waals surface area contributed by atoms with Gasteiger partial charge in [-0.2, -0.15) is 9.97 Å². The topological polar surface area (TPSA) is 202 Å². The number of fused-ring (bicyclic) bond motifs is 4. The number of benzene rings is 4. The minimum absolute atomic E-state index is 0.0220. The molecule has 4 fully saturated rings. The predicted molar refractivity (Wildman–Crippen MR) is 325 cm³/mol. The number of phenolic OH excluding ortho intramolecular Hbond substituents is 1. The van der Waals surface area contributed by atoms with Gasteiger partial charge in [0.2, 0.25) is 12.3 Å². The molecule has 4 N–H and O–H groups in total. The zero-order valence-corrected chi connectivity index (χ0v) is 49.3. The molecular weight excluding hydrogens is 1090 g/mol. The average Bonchev–Trinajstić information content (AvgIpc) is 1.40. The molecule has 6 atom stereocenters. The van der Waals surface area contributed by atoms with Gasteiger partial charge in [-0.05, 0) is 102 Å². The number of aliphatic hydroxyl groups excluding tert-OH is 1. The molecule has 2 bridgehead atoms. The molecule has 6 unspecified atom stereocenters. The highest BCUT2D eigenvalue weighted by atomic mass is 31.0. The van der Waals surface area contributed by atoms with Gasteiger partial charge in [-0.25, -0.2) is 13.5 Å². The van der Waals surface area contributed by atoms with Gasteiger partial charge < -0.3 is 44.9 Å². The normalized spacial score (nSPS) is 19.1. The molecule has 7 heterocycles. The second kappa shape index (κ2) is 26.5. The molecule has 4 aliphatic heterocycles. The summed E-state index contributed by atoms with van der Waals surface area (Å²) in [6.45, 7) is 16.9. The SMILES string of the molecule is C=C/C(P)=C(\C(F)=C/C)c1ccc(C(CO)NC=O)cc1.CCc1c(F)ccc2cc(O)cc(-c3ncc4c(N5CC6CC5CN6)nc(OC5CCOCC5)nc4c3OCc3ccc(-c4cn(C(C(=O)N5CCCC5C)C(C)C)nn4)cc3)c12. The van der Waals surface area contributed by atoms with Gasteiger partial charge in [0.05, 0.1) is 37.4 Å². The van der Waals surface area contributed by atoms with Crippen LogP contribution in [0.3, 0.4) is 0 Å². The lowest BCUT2D eigenvalue weighted by atomic mass is 9.94. The van der Waals surface area contributed by atoms with Gasteiger partial charge in [0.1, 0.15) is 58.9 Å². The Hall–Kier alpha value is -7.70. The summed E-state index contributed by atoms with van der Waals surface area (Å²) >= 11 is 0. The van der Waals surface area contributed by atoms with Crippen LogP contribution in [-0.2, 0) is 27.4 Å².